The molecule has 0 bridgehead atoms. The lowest BCUT2D eigenvalue weighted by molar-refractivity contribution is -0.143. The predicted molar refractivity (Wildman–Crippen MR) is 82.3 cm³/mol. The topological polar surface area (TPSA) is 37.3 Å². The molecule has 0 aliphatic rings. The minimum Gasteiger partial charge on any atom is -0.481 e. The molecule has 0 saturated carbocycles. The van der Waals surface area contributed by atoms with Gasteiger partial charge in [0.1, 0.15) is 0 Å². The maximum atomic E-state index is 11.0. The summed E-state index contributed by atoms with van der Waals surface area (Å²) in [6.45, 7) is 6.22. The quantitative estimate of drug-likeness (QED) is 0.378. The van der Waals surface area contributed by atoms with Crippen molar-refractivity contribution in [3.63, 3.8) is 0 Å². The Kier molecular flexibility index (Phi) is 11.7. The minimum atomic E-state index is -0.638. The van der Waals surface area contributed by atoms with Crippen molar-refractivity contribution in [2.24, 2.45) is 11.8 Å². The number of unbranched alkanes of at least 4 members (excludes halogenated alkanes) is 6. The molecule has 112 valence electrons. The van der Waals surface area contributed by atoms with E-state index >= 15 is 0 Å². The zero-order chi connectivity index (χ0) is 14.5. The van der Waals surface area contributed by atoms with Gasteiger partial charge in [0.15, 0.2) is 0 Å². The van der Waals surface area contributed by atoms with Crippen LogP contribution in [0.5, 0.6) is 0 Å². The molecule has 2 nitrogen and oxygen atoms in total. The normalized spacial score (nSPS) is 13.3. The number of carbonyl (C=O) groups is 1. The first-order chi connectivity index (χ1) is 9.09. The Morgan fingerprint density at radius 1 is 1.00 bits per heavy atom. The third kappa shape index (κ3) is 10.8. The summed E-state index contributed by atoms with van der Waals surface area (Å²) in [4.78, 5) is 11.0. The van der Waals surface area contributed by atoms with Crippen molar-refractivity contribution < 1.29 is 9.90 Å². The lowest BCUT2D eigenvalue weighted by atomic mass is 9.90. The average molecular weight is 268 g/mol. The molecule has 0 aromatic heterocycles. The molecule has 0 radical (unpaired) electrons. The Morgan fingerprint density at radius 3 is 2.05 bits per heavy atom. The van der Waals surface area contributed by atoms with Gasteiger partial charge in [-0.05, 0) is 38.0 Å². The first-order valence-electron chi connectivity index (χ1n) is 7.97. The van der Waals surface area contributed by atoms with Gasteiger partial charge in [-0.25, -0.2) is 0 Å². The number of hydrogen-bond donors (Lipinski definition) is 1. The summed E-state index contributed by atoms with van der Waals surface area (Å²) in [5, 5.41) is 9.07. The SMILES string of the molecule is CCCCCCC=CCCCCC(C(=O)O)C(C)C. The zero-order valence-corrected chi connectivity index (χ0v) is 13.0. The van der Waals surface area contributed by atoms with Gasteiger partial charge in [0.2, 0.25) is 0 Å². The Hall–Kier alpha value is -0.790. The Balaban J connectivity index is 3.48. The van der Waals surface area contributed by atoms with E-state index in [1.165, 1.54) is 32.1 Å². The second-order valence-corrected chi connectivity index (χ2v) is 5.79. The lowest BCUT2D eigenvalue weighted by Gasteiger charge is -2.15. The summed E-state index contributed by atoms with van der Waals surface area (Å²) in [7, 11) is 0. The summed E-state index contributed by atoms with van der Waals surface area (Å²) in [6, 6.07) is 0. The molecule has 0 heterocycles. The van der Waals surface area contributed by atoms with Crippen molar-refractivity contribution in [1.29, 1.82) is 0 Å². The standard InChI is InChI=1S/C17H32O2/c1-4-5-6-7-8-9-10-11-12-13-14-16(15(2)3)17(18)19/h9-10,15-16H,4-8,11-14H2,1-3H3,(H,18,19). The fraction of sp³-hybridized carbons (Fsp3) is 0.824. The van der Waals surface area contributed by atoms with E-state index in [0.29, 0.717) is 0 Å². The summed E-state index contributed by atoms with van der Waals surface area (Å²) in [5.74, 6) is -0.564. The van der Waals surface area contributed by atoms with Gasteiger partial charge in [0, 0.05) is 0 Å². The van der Waals surface area contributed by atoms with Gasteiger partial charge in [-0.1, -0.05) is 58.6 Å². The van der Waals surface area contributed by atoms with Crippen molar-refractivity contribution in [3.05, 3.63) is 12.2 Å². The zero-order valence-electron chi connectivity index (χ0n) is 13.0. The van der Waals surface area contributed by atoms with Crippen molar-refractivity contribution in [2.75, 3.05) is 0 Å². The van der Waals surface area contributed by atoms with E-state index in [9.17, 15) is 4.79 Å². The van der Waals surface area contributed by atoms with Crippen LogP contribution in [0.4, 0.5) is 0 Å². The van der Waals surface area contributed by atoms with E-state index in [0.717, 1.165) is 25.7 Å². The number of allylic oxidation sites excluding steroid dienone is 2. The molecule has 1 N–H and O–H groups in total. The Morgan fingerprint density at radius 2 is 1.58 bits per heavy atom. The number of carboxylic acids is 1. The molecular formula is C17H32O2. The van der Waals surface area contributed by atoms with E-state index in [1.807, 2.05) is 13.8 Å². The fourth-order valence-electron chi connectivity index (χ4n) is 2.29. The molecule has 0 aromatic rings. The summed E-state index contributed by atoms with van der Waals surface area (Å²) in [6.07, 6.45) is 15.1. The fourth-order valence-corrected chi connectivity index (χ4v) is 2.29. The number of rotatable bonds is 12. The van der Waals surface area contributed by atoms with Gasteiger partial charge in [-0.15, -0.1) is 0 Å². The second-order valence-electron chi connectivity index (χ2n) is 5.79. The molecule has 0 amide bonds. The third-order valence-corrected chi connectivity index (χ3v) is 3.65. The molecule has 0 fully saturated rings. The van der Waals surface area contributed by atoms with Crippen LogP contribution in [0.3, 0.4) is 0 Å². The first kappa shape index (κ1) is 18.2. The lowest BCUT2D eigenvalue weighted by Crippen LogP contribution is -2.19. The highest BCUT2D eigenvalue weighted by Gasteiger charge is 2.20. The van der Waals surface area contributed by atoms with Crippen LogP contribution in [0.15, 0.2) is 12.2 Å². The largest absolute Gasteiger partial charge is 0.481 e. The molecule has 0 spiro atoms. The van der Waals surface area contributed by atoms with Gasteiger partial charge in [-0.3, -0.25) is 4.79 Å². The molecule has 1 atom stereocenters. The molecule has 0 saturated heterocycles. The van der Waals surface area contributed by atoms with Crippen molar-refractivity contribution >= 4 is 5.97 Å². The van der Waals surface area contributed by atoms with E-state index in [2.05, 4.69) is 19.1 Å². The summed E-state index contributed by atoms with van der Waals surface area (Å²) in [5.41, 5.74) is 0. The highest BCUT2D eigenvalue weighted by molar-refractivity contribution is 5.70. The van der Waals surface area contributed by atoms with Crippen LogP contribution in [0, 0.1) is 11.8 Å². The number of carboxylic acid groups (broad SMARTS) is 1. The molecule has 0 aromatic carbocycles. The minimum absolute atomic E-state index is 0.168. The second kappa shape index (κ2) is 12.3. The molecule has 0 rings (SSSR count). The summed E-state index contributed by atoms with van der Waals surface area (Å²) >= 11 is 0. The highest BCUT2D eigenvalue weighted by Crippen LogP contribution is 2.19. The van der Waals surface area contributed by atoms with Crippen molar-refractivity contribution in [1.82, 2.24) is 0 Å². The molecule has 19 heavy (non-hydrogen) atoms. The monoisotopic (exact) mass is 268 g/mol. The Labute approximate surface area is 119 Å². The maximum absolute atomic E-state index is 11.0. The van der Waals surface area contributed by atoms with E-state index in [4.69, 9.17) is 5.11 Å². The molecule has 0 aliphatic heterocycles. The van der Waals surface area contributed by atoms with Gasteiger partial charge >= 0.3 is 5.97 Å². The van der Waals surface area contributed by atoms with Crippen molar-refractivity contribution in [2.45, 2.75) is 78.6 Å². The van der Waals surface area contributed by atoms with E-state index in [-0.39, 0.29) is 11.8 Å². The molecule has 0 aliphatic carbocycles. The maximum Gasteiger partial charge on any atom is 0.306 e. The van der Waals surface area contributed by atoms with Crippen LogP contribution < -0.4 is 0 Å². The van der Waals surface area contributed by atoms with Gasteiger partial charge in [0.05, 0.1) is 5.92 Å². The third-order valence-electron chi connectivity index (χ3n) is 3.65. The smallest absolute Gasteiger partial charge is 0.306 e. The van der Waals surface area contributed by atoms with E-state index < -0.39 is 5.97 Å². The van der Waals surface area contributed by atoms with Crippen LogP contribution in [-0.4, -0.2) is 11.1 Å². The predicted octanol–water partition coefficient (Wildman–Crippen LogP) is 5.43. The van der Waals surface area contributed by atoms with Crippen LogP contribution in [0.1, 0.15) is 78.6 Å². The van der Waals surface area contributed by atoms with E-state index in [1.54, 1.807) is 0 Å². The average Bonchev–Trinajstić information content (AvgIpc) is 2.35. The van der Waals surface area contributed by atoms with Crippen LogP contribution in [0.25, 0.3) is 0 Å². The number of aliphatic carboxylic acids is 1. The van der Waals surface area contributed by atoms with Gasteiger partial charge in [-0.2, -0.15) is 0 Å². The van der Waals surface area contributed by atoms with Crippen LogP contribution in [0.2, 0.25) is 0 Å². The molecule has 2 heteroatoms. The highest BCUT2D eigenvalue weighted by atomic mass is 16.4. The van der Waals surface area contributed by atoms with Crippen LogP contribution in [-0.2, 0) is 4.79 Å². The number of hydrogen-bond acceptors (Lipinski definition) is 1. The molecule has 1 unspecified atom stereocenters. The van der Waals surface area contributed by atoms with Gasteiger partial charge < -0.3 is 5.11 Å². The van der Waals surface area contributed by atoms with Gasteiger partial charge in [0.25, 0.3) is 0 Å². The first-order valence-corrected chi connectivity index (χ1v) is 7.97. The molecular weight excluding hydrogens is 236 g/mol. The Bertz CT molecular complexity index is 244. The summed E-state index contributed by atoms with van der Waals surface area (Å²) < 4.78 is 0. The van der Waals surface area contributed by atoms with Crippen LogP contribution >= 0.6 is 0 Å². The van der Waals surface area contributed by atoms with Crippen molar-refractivity contribution in [3.8, 4) is 0 Å².